The third kappa shape index (κ3) is 2.26. The number of para-hydroxylation sites is 1. The number of benzene rings is 1. The molecule has 1 aromatic carbocycles. The molecule has 0 amide bonds. The quantitative estimate of drug-likeness (QED) is 0.605. The van der Waals surface area contributed by atoms with Gasteiger partial charge in [0.1, 0.15) is 5.75 Å². The standard InChI is InChI=1S/C11H12N4O/c1-8-7-13-11(15-12)14-10(8)16-9-5-3-2-4-6-9/h2-7H,12H2,1H3,(H,13,14,15). The Labute approximate surface area is 93.3 Å². The van der Waals surface area contributed by atoms with E-state index in [2.05, 4.69) is 15.4 Å². The molecule has 1 aromatic heterocycles. The smallest absolute Gasteiger partial charge is 0.240 e. The molecule has 5 heteroatoms. The normalized spacial score (nSPS) is 9.88. The van der Waals surface area contributed by atoms with E-state index in [1.807, 2.05) is 37.3 Å². The lowest BCUT2D eigenvalue weighted by molar-refractivity contribution is 0.458. The molecule has 0 fully saturated rings. The lowest BCUT2D eigenvalue weighted by atomic mass is 10.3. The summed E-state index contributed by atoms with van der Waals surface area (Å²) in [7, 11) is 0. The number of anilines is 1. The summed E-state index contributed by atoms with van der Waals surface area (Å²) in [5.74, 6) is 6.79. The van der Waals surface area contributed by atoms with Crippen LogP contribution in [-0.2, 0) is 0 Å². The minimum atomic E-state index is 0.330. The van der Waals surface area contributed by atoms with Crippen molar-refractivity contribution >= 4 is 5.95 Å². The number of hydrazine groups is 1. The lowest BCUT2D eigenvalue weighted by Gasteiger charge is -2.08. The van der Waals surface area contributed by atoms with Crippen LogP contribution in [0, 0.1) is 6.92 Å². The second-order valence-electron chi connectivity index (χ2n) is 3.24. The highest BCUT2D eigenvalue weighted by Crippen LogP contribution is 2.22. The minimum absolute atomic E-state index is 0.330. The van der Waals surface area contributed by atoms with Crippen molar-refractivity contribution in [2.45, 2.75) is 6.92 Å². The van der Waals surface area contributed by atoms with Crippen molar-refractivity contribution in [2.75, 3.05) is 5.43 Å². The summed E-state index contributed by atoms with van der Waals surface area (Å²) in [5.41, 5.74) is 3.23. The van der Waals surface area contributed by atoms with Crippen LogP contribution in [0.15, 0.2) is 36.5 Å². The molecular weight excluding hydrogens is 204 g/mol. The van der Waals surface area contributed by atoms with Gasteiger partial charge in [0.05, 0.1) is 0 Å². The maximum Gasteiger partial charge on any atom is 0.240 e. The first-order valence-electron chi connectivity index (χ1n) is 4.83. The molecule has 0 saturated carbocycles. The summed E-state index contributed by atoms with van der Waals surface area (Å²) < 4.78 is 5.60. The molecule has 16 heavy (non-hydrogen) atoms. The fourth-order valence-corrected chi connectivity index (χ4v) is 1.20. The number of nitrogen functional groups attached to an aromatic ring is 1. The molecule has 0 aliphatic heterocycles. The van der Waals surface area contributed by atoms with Crippen molar-refractivity contribution in [3.05, 3.63) is 42.1 Å². The fourth-order valence-electron chi connectivity index (χ4n) is 1.20. The third-order valence-corrected chi connectivity index (χ3v) is 2.01. The maximum atomic E-state index is 5.60. The highest BCUT2D eigenvalue weighted by atomic mass is 16.5. The number of hydrogen-bond donors (Lipinski definition) is 2. The summed E-state index contributed by atoms with van der Waals surface area (Å²) in [5, 5.41) is 0. The number of hydrogen-bond acceptors (Lipinski definition) is 5. The number of nitrogens with one attached hydrogen (secondary N) is 1. The molecule has 2 rings (SSSR count). The number of nitrogens with two attached hydrogens (primary N) is 1. The first-order valence-corrected chi connectivity index (χ1v) is 4.83. The molecule has 82 valence electrons. The number of nitrogens with zero attached hydrogens (tertiary/aromatic N) is 2. The van der Waals surface area contributed by atoms with E-state index in [0.29, 0.717) is 11.8 Å². The van der Waals surface area contributed by atoms with E-state index in [1.165, 1.54) is 0 Å². The third-order valence-electron chi connectivity index (χ3n) is 2.01. The molecule has 0 bridgehead atoms. The highest BCUT2D eigenvalue weighted by molar-refractivity contribution is 5.35. The maximum absolute atomic E-state index is 5.60. The van der Waals surface area contributed by atoms with Crippen molar-refractivity contribution < 1.29 is 4.74 Å². The van der Waals surface area contributed by atoms with Crippen LogP contribution in [0.4, 0.5) is 5.95 Å². The van der Waals surface area contributed by atoms with Crippen LogP contribution in [-0.4, -0.2) is 9.97 Å². The number of aryl methyl sites for hydroxylation is 1. The van der Waals surface area contributed by atoms with Gasteiger partial charge in [0, 0.05) is 11.8 Å². The molecule has 0 aliphatic rings. The van der Waals surface area contributed by atoms with Gasteiger partial charge < -0.3 is 4.74 Å². The van der Waals surface area contributed by atoms with Gasteiger partial charge in [-0.2, -0.15) is 4.98 Å². The van der Waals surface area contributed by atoms with Gasteiger partial charge in [0.2, 0.25) is 11.8 Å². The molecule has 0 atom stereocenters. The van der Waals surface area contributed by atoms with Crippen LogP contribution in [0.5, 0.6) is 11.6 Å². The summed E-state index contributed by atoms with van der Waals surface area (Å²) in [4.78, 5) is 8.09. The van der Waals surface area contributed by atoms with Crippen molar-refractivity contribution in [1.29, 1.82) is 0 Å². The summed E-state index contributed by atoms with van der Waals surface area (Å²) in [6.07, 6.45) is 1.65. The zero-order valence-corrected chi connectivity index (χ0v) is 8.84. The Kier molecular flexibility index (Phi) is 2.98. The Hall–Kier alpha value is -2.14. The molecular formula is C11H12N4O. The predicted octanol–water partition coefficient (Wildman–Crippen LogP) is 1.86. The number of ether oxygens (including phenoxy) is 1. The largest absolute Gasteiger partial charge is 0.439 e. The van der Waals surface area contributed by atoms with Gasteiger partial charge in [-0.15, -0.1) is 0 Å². The van der Waals surface area contributed by atoms with Crippen LogP contribution in [0.3, 0.4) is 0 Å². The van der Waals surface area contributed by atoms with Gasteiger partial charge in [0.25, 0.3) is 0 Å². The Balaban J connectivity index is 2.27. The predicted molar refractivity (Wildman–Crippen MR) is 61.1 cm³/mol. The molecule has 5 nitrogen and oxygen atoms in total. The van der Waals surface area contributed by atoms with Crippen molar-refractivity contribution in [3.63, 3.8) is 0 Å². The second-order valence-corrected chi connectivity index (χ2v) is 3.24. The van der Waals surface area contributed by atoms with Crippen LogP contribution < -0.4 is 16.0 Å². The Morgan fingerprint density at radius 2 is 2.00 bits per heavy atom. The topological polar surface area (TPSA) is 73.1 Å². The van der Waals surface area contributed by atoms with Gasteiger partial charge in [-0.25, -0.2) is 10.8 Å². The van der Waals surface area contributed by atoms with Crippen molar-refractivity contribution in [2.24, 2.45) is 5.84 Å². The number of rotatable bonds is 3. The second kappa shape index (κ2) is 4.59. The van der Waals surface area contributed by atoms with Gasteiger partial charge >= 0.3 is 0 Å². The lowest BCUT2D eigenvalue weighted by Crippen LogP contribution is -2.10. The van der Waals surface area contributed by atoms with Gasteiger partial charge in [0.15, 0.2) is 0 Å². The van der Waals surface area contributed by atoms with Gasteiger partial charge in [-0.1, -0.05) is 18.2 Å². The first-order chi connectivity index (χ1) is 7.79. The average molecular weight is 216 g/mol. The minimum Gasteiger partial charge on any atom is -0.439 e. The van der Waals surface area contributed by atoms with Crippen molar-refractivity contribution in [3.8, 4) is 11.6 Å². The van der Waals surface area contributed by atoms with Crippen LogP contribution in [0.2, 0.25) is 0 Å². The van der Waals surface area contributed by atoms with Crippen molar-refractivity contribution in [1.82, 2.24) is 9.97 Å². The zero-order chi connectivity index (χ0) is 11.4. The van der Waals surface area contributed by atoms with E-state index in [9.17, 15) is 0 Å². The molecule has 0 aliphatic carbocycles. The molecule has 0 saturated heterocycles. The molecule has 2 aromatic rings. The summed E-state index contributed by atoms with van der Waals surface area (Å²) in [6.45, 7) is 1.87. The molecule has 3 N–H and O–H groups in total. The Morgan fingerprint density at radius 1 is 1.25 bits per heavy atom. The molecule has 0 unspecified atom stereocenters. The molecule has 0 spiro atoms. The van der Waals surface area contributed by atoms with Gasteiger partial charge in [-0.3, -0.25) is 5.43 Å². The van der Waals surface area contributed by atoms with Crippen LogP contribution >= 0.6 is 0 Å². The number of aromatic nitrogens is 2. The van der Waals surface area contributed by atoms with E-state index >= 15 is 0 Å². The Bertz CT molecular complexity index is 473. The van der Waals surface area contributed by atoms with Crippen LogP contribution in [0.1, 0.15) is 5.56 Å². The highest BCUT2D eigenvalue weighted by Gasteiger charge is 2.05. The van der Waals surface area contributed by atoms with E-state index < -0.39 is 0 Å². The van der Waals surface area contributed by atoms with Gasteiger partial charge in [-0.05, 0) is 19.1 Å². The molecule has 1 heterocycles. The van der Waals surface area contributed by atoms with E-state index in [4.69, 9.17) is 10.6 Å². The SMILES string of the molecule is Cc1cnc(NN)nc1Oc1ccccc1. The Morgan fingerprint density at radius 3 is 2.69 bits per heavy atom. The summed E-state index contributed by atoms with van der Waals surface area (Å²) in [6, 6.07) is 9.43. The average Bonchev–Trinajstić information content (AvgIpc) is 2.33. The van der Waals surface area contributed by atoms with E-state index in [1.54, 1.807) is 6.20 Å². The summed E-state index contributed by atoms with van der Waals surface area (Å²) >= 11 is 0. The zero-order valence-electron chi connectivity index (χ0n) is 8.84. The van der Waals surface area contributed by atoms with E-state index in [0.717, 1.165) is 11.3 Å². The molecule has 0 radical (unpaired) electrons. The first kappa shape index (κ1) is 10.4. The fraction of sp³-hybridized carbons (Fsp3) is 0.0909. The monoisotopic (exact) mass is 216 g/mol. The van der Waals surface area contributed by atoms with Crippen LogP contribution in [0.25, 0.3) is 0 Å². The van der Waals surface area contributed by atoms with E-state index in [-0.39, 0.29) is 0 Å².